The molecule has 0 amide bonds. The van der Waals surface area contributed by atoms with Gasteiger partial charge in [0.05, 0.1) is 0 Å². The number of benzene rings is 1. The van der Waals surface area contributed by atoms with Gasteiger partial charge in [0, 0.05) is 11.1 Å². The molecule has 0 N–H and O–H groups in total. The highest BCUT2D eigenvalue weighted by Crippen LogP contribution is 2.40. The Bertz CT molecular complexity index is 983. The Morgan fingerprint density at radius 3 is 1.68 bits per heavy atom. The molecule has 226 valence electrons. The molecule has 40 heavy (non-hydrogen) atoms. The standard InChI is InChI=1S/C30H45Br2NO7/c1-26(2)16-13-17-27(3,4)33(26)40-22(21-14-11-10-12-15-21)18-37-25(36)30(9,19-38-23(34)28(5,6)31)20-39-24(35)29(7,8)32/h10-12,14-15,22H,13,16-20H2,1-9H3. The van der Waals surface area contributed by atoms with Gasteiger partial charge in [-0.3, -0.25) is 19.2 Å². The summed E-state index contributed by atoms with van der Waals surface area (Å²) in [6.07, 6.45) is 2.46. The fraction of sp³-hybridized carbons (Fsp3) is 0.700. The predicted molar refractivity (Wildman–Crippen MR) is 161 cm³/mol. The topological polar surface area (TPSA) is 91.4 Å². The summed E-state index contributed by atoms with van der Waals surface area (Å²) in [5.41, 5.74) is -1.04. The Balaban J connectivity index is 2.28. The largest absolute Gasteiger partial charge is 0.463 e. The van der Waals surface area contributed by atoms with Crippen molar-refractivity contribution in [1.82, 2.24) is 5.06 Å². The molecular formula is C30H45Br2NO7. The zero-order valence-electron chi connectivity index (χ0n) is 25.3. The Hall–Kier alpha value is -1.49. The molecule has 10 heteroatoms. The number of piperidine rings is 1. The summed E-state index contributed by atoms with van der Waals surface area (Å²) in [7, 11) is 0. The molecule has 8 nitrogen and oxygen atoms in total. The van der Waals surface area contributed by atoms with Gasteiger partial charge in [-0.2, -0.15) is 5.06 Å². The number of hydrogen-bond acceptors (Lipinski definition) is 8. The van der Waals surface area contributed by atoms with Crippen LogP contribution < -0.4 is 0 Å². The summed E-state index contributed by atoms with van der Waals surface area (Å²) in [6.45, 7) is 16.0. The number of hydroxylamine groups is 2. The van der Waals surface area contributed by atoms with E-state index in [2.05, 4.69) is 59.6 Å². The van der Waals surface area contributed by atoms with Crippen molar-refractivity contribution in [3.63, 3.8) is 0 Å². The lowest BCUT2D eigenvalue weighted by Crippen LogP contribution is -2.58. The number of halogens is 2. The summed E-state index contributed by atoms with van der Waals surface area (Å²) < 4.78 is 14.8. The molecule has 0 bridgehead atoms. The van der Waals surface area contributed by atoms with Crippen LogP contribution in [-0.4, -0.2) is 62.5 Å². The number of alkyl halides is 2. The number of esters is 3. The van der Waals surface area contributed by atoms with Gasteiger partial charge in [-0.15, -0.1) is 0 Å². The smallest absolute Gasteiger partial charge is 0.322 e. The van der Waals surface area contributed by atoms with Gasteiger partial charge in [-0.05, 0) is 87.1 Å². The van der Waals surface area contributed by atoms with Gasteiger partial charge in [0.25, 0.3) is 0 Å². The van der Waals surface area contributed by atoms with E-state index in [-0.39, 0.29) is 30.9 Å². The van der Waals surface area contributed by atoms with E-state index in [1.807, 2.05) is 35.4 Å². The van der Waals surface area contributed by atoms with Gasteiger partial charge in [0.2, 0.25) is 0 Å². The van der Waals surface area contributed by atoms with Gasteiger partial charge < -0.3 is 14.2 Å². The normalized spacial score (nSPS) is 18.5. The van der Waals surface area contributed by atoms with E-state index in [0.717, 1.165) is 24.8 Å². The highest BCUT2D eigenvalue weighted by atomic mass is 79.9. The molecule has 0 radical (unpaired) electrons. The van der Waals surface area contributed by atoms with Crippen molar-refractivity contribution in [3.8, 4) is 0 Å². The van der Waals surface area contributed by atoms with Crippen LogP contribution >= 0.6 is 31.9 Å². The van der Waals surface area contributed by atoms with Gasteiger partial charge >= 0.3 is 17.9 Å². The van der Waals surface area contributed by atoms with Crippen molar-refractivity contribution in [2.45, 2.75) is 107 Å². The van der Waals surface area contributed by atoms with E-state index >= 15 is 0 Å². The van der Waals surface area contributed by atoms with Crippen molar-refractivity contribution in [1.29, 1.82) is 0 Å². The minimum absolute atomic E-state index is 0.0864. The summed E-state index contributed by atoms with van der Waals surface area (Å²) in [5.74, 6) is -1.79. The Kier molecular flexibility index (Phi) is 11.5. The van der Waals surface area contributed by atoms with Crippen molar-refractivity contribution in [2.75, 3.05) is 19.8 Å². The lowest BCUT2D eigenvalue weighted by Gasteiger charge is -2.52. The Morgan fingerprint density at radius 1 is 0.800 bits per heavy atom. The maximum Gasteiger partial charge on any atom is 0.322 e. The molecule has 0 aromatic heterocycles. The fourth-order valence-electron chi connectivity index (χ4n) is 4.52. The van der Waals surface area contributed by atoms with Crippen molar-refractivity contribution in [3.05, 3.63) is 35.9 Å². The molecule has 1 heterocycles. The SMILES string of the molecule is CC(C)(Br)C(=O)OCC(C)(COC(=O)C(C)(C)Br)C(=O)OCC(ON1C(C)(C)CCCC1(C)C)c1ccccc1. The van der Waals surface area contributed by atoms with Crippen LogP contribution in [0.25, 0.3) is 0 Å². The molecule has 2 rings (SSSR count). The van der Waals surface area contributed by atoms with E-state index in [4.69, 9.17) is 19.0 Å². The van der Waals surface area contributed by atoms with E-state index in [9.17, 15) is 14.4 Å². The van der Waals surface area contributed by atoms with E-state index in [0.29, 0.717) is 0 Å². The van der Waals surface area contributed by atoms with Crippen molar-refractivity contribution >= 4 is 49.8 Å². The van der Waals surface area contributed by atoms with Gasteiger partial charge in [0.1, 0.15) is 40.0 Å². The first-order valence-electron chi connectivity index (χ1n) is 13.6. The molecule has 0 aliphatic carbocycles. The monoisotopic (exact) mass is 689 g/mol. The molecule has 0 saturated carbocycles. The van der Waals surface area contributed by atoms with Gasteiger partial charge in [0.15, 0.2) is 0 Å². The quantitative estimate of drug-likeness (QED) is 0.136. The number of nitrogens with zero attached hydrogens (tertiary/aromatic N) is 1. The second-order valence-electron chi connectivity index (χ2n) is 13.0. The third kappa shape index (κ3) is 9.53. The predicted octanol–water partition coefficient (Wildman–Crippen LogP) is 6.69. The zero-order chi connectivity index (χ0) is 30.6. The Labute approximate surface area is 256 Å². The second-order valence-corrected chi connectivity index (χ2v) is 17.0. The molecule has 1 aromatic carbocycles. The summed E-state index contributed by atoms with van der Waals surface area (Å²) >= 11 is 6.55. The lowest BCUT2D eigenvalue weighted by atomic mass is 9.82. The number of hydrogen-bond donors (Lipinski definition) is 0. The van der Waals surface area contributed by atoms with Crippen molar-refractivity contribution in [2.24, 2.45) is 5.41 Å². The first kappa shape index (κ1) is 34.7. The lowest BCUT2D eigenvalue weighted by molar-refractivity contribution is -0.312. The second kappa shape index (κ2) is 13.2. The molecule has 1 aliphatic heterocycles. The summed E-state index contributed by atoms with van der Waals surface area (Å²) in [5, 5.41) is 2.04. The van der Waals surface area contributed by atoms with Crippen LogP contribution in [0.2, 0.25) is 0 Å². The third-order valence-corrected chi connectivity index (χ3v) is 7.60. The number of carbonyl (C=O) groups excluding carboxylic acids is 3. The molecule has 1 saturated heterocycles. The highest BCUT2D eigenvalue weighted by molar-refractivity contribution is 9.10. The molecule has 1 aromatic rings. The average Bonchev–Trinajstić information content (AvgIpc) is 2.83. The van der Waals surface area contributed by atoms with Crippen LogP contribution in [0.4, 0.5) is 0 Å². The maximum absolute atomic E-state index is 13.6. The molecular weight excluding hydrogens is 646 g/mol. The van der Waals surface area contributed by atoms with Crippen LogP contribution in [0.5, 0.6) is 0 Å². The van der Waals surface area contributed by atoms with E-state index in [1.54, 1.807) is 34.6 Å². The van der Waals surface area contributed by atoms with Crippen LogP contribution in [0.1, 0.15) is 93.2 Å². The minimum atomic E-state index is -1.45. The number of rotatable bonds is 12. The molecule has 1 atom stereocenters. The minimum Gasteiger partial charge on any atom is -0.463 e. The van der Waals surface area contributed by atoms with E-state index in [1.165, 1.54) is 0 Å². The molecule has 1 fully saturated rings. The van der Waals surface area contributed by atoms with Crippen LogP contribution in [0.3, 0.4) is 0 Å². The summed E-state index contributed by atoms with van der Waals surface area (Å²) in [4.78, 5) is 45.1. The summed E-state index contributed by atoms with van der Waals surface area (Å²) in [6, 6.07) is 9.60. The maximum atomic E-state index is 13.6. The first-order chi connectivity index (χ1) is 18.2. The van der Waals surface area contributed by atoms with Crippen molar-refractivity contribution < 1.29 is 33.4 Å². The Morgan fingerprint density at radius 2 is 1.25 bits per heavy atom. The zero-order valence-corrected chi connectivity index (χ0v) is 28.4. The first-order valence-corrected chi connectivity index (χ1v) is 15.2. The third-order valence-electron chi connectivity index (χ3n) is 6.95. The van der Waals surface area contributed by atoms with Crippen LogP contribution in [0.15, 0.2) is 30.3 Å². The molecule has 0 spiro atoms. The number of carbonyl (C=O) groups is 3. The average molecular weight is 691 g/mol. The van der Waals surface area contributed by atoms with E-state index < -0.39 is 38.1 Å². The number of ether oxygens (including phenoxy) is 3. The fourth-order valence-corrected chi connectivity index (χ4v) is 4.75. The highest BCUT2D eigenvalue weighted by Gasteiger charge is 2.45. The molecule has 1 aliphatic rings. The van der Waals surface area contributed by atoms with Gasteiger partial charge in [-0.25, -0.2) is 0 Å². The van der Waals surface area contributed by atoms with Crippen LogP contribution in [0, 0.1) is 5.41 Å². The molecule has 1 unspecified atom stereocenters. The van der Waals surface area contributed by atoms with Crippen LogP contribution in [-0.2, 0) is 33.4 Å². The van der Waals surface area contributed by atoms with Gasteiger partial charge in [-0.1, -0.05) is 62.2 Å².